The quantitative estimate of drug-likeness (QED) is 0.815. The number of oxazole rings is 1. The molecule has 6 heteroatoms. The molecule has 2 aromatic rings. The third-order valence-electron chi connectivity index (χ3n) is 3.32. The van der Waals surface area contributed by atoms with Gasteiger partial charge in [-0.25, -0.2) is 4.98 Å². The van der Waals surface area contributed by atoms with Crippen LogP contribution < -0.4 is 9.47 Å². The monoisotopic (exact) mass is 323 g/mol. The van der Waals surface area contributed by atoms with Gasteiger partial charge in [0.1, 0.15) is 11.5 Å². The molecular formula is C16H21NO4S. The minimum absolute atomic E-state index is 0.239. The van der Waals surface area contributed by atoms with Crippen LogP contribution in [0.25, 0.3) is 0 Å². The van der Waals surface area contributed by atoms with E-state index < -0.39 is 10.8 Å². The highest BCUT2D eigenvalue weighted by molar-refractivity contribution is 7.84. The summed E-state index contributed by atoms with van der Waals surface area (Å²) >= 11 is 0. The molecule has 0 aliphatic heterocycles. The predicted octanol–water partition coefficient (Wildman–Crippen LogP) is 3.43. The van der Waals surface area contributed by atoms with Gasteiger partial charge in [-0.3, -0.25) is 4.21 Å². The smallest absolute Gasteiger partial charge is 0.207 e. The van der Waals surface area contributed by atoms with Crippen molar-refractivity contribution in [2.75, 3.05) is 14.2 Å². The van der Waals surface area contributed by atoms with Gasteiger partial charge in [0.05, 0.1) is 31.2 Å². The van der Waals surface area contributed by atoms with Crippen molar-refractivity contribution in [1.82, 2.24) is 4.98 Å². The number of nitrogens with zero attached hydrogens (tertiary/aromatic N) is 1. The molecule has 0 N–H and O–H groups in total. The van der Waals surface area contributed by atoms with E-state index in [9.17, 15) is 4.21 Å². The number of aryl methyl sites for hydroxylation is 1. The van der Waals surface area contributed by atoms with Crippen molar-refractivity contribution in [2.24, 2.45) is 0 Å². The summed E-state index contributed by atoms with van der Waals surface area (Å²) in [6.07, 6.45) is 1.69. The molecule has 1 heterocycles. The molecule has 0 fully saturated rings. The molecule has 22 heavy (non-hydrogen) atoms. The summed E-state index contributed by atoms with van der Waals surface area (Å²) in [5, 5.41) is 0. The Morgan fingerprint density at radius 1 is 1.23 bits per heavy atom. The number of hydrogen-bond donors (Lipinski definition) is 0. The Morgan fingerprint density at radius 2 is 1.86 bits per heavy atom. The van der Waals surface area contributed by atoms with E-state index in [2.05, 4.69) is 4.98 Å². The molecule has 5 nitrogen and oxygen atoms in total. The maximum atomic E-state index is 12.6. The maximum absolute atomic E-state index is 12.6. The van der Waals surface area contributed by atoms with E-state index in [-0.39, 0.29) is 11.7 Å². The first-order valence-corrected chi connectivity index (χ1v) is 8.33. The van der Waals surface area contributed by atoms with Crippen LogP contribution in [-0.4, -0.2) is 23.4 Å². The third-order valence-corrected chi connectivity index (χ3v) is 4.76. The Morgan fingerprint density at radius 3 is 2.41 bits per heavy atom. The molecule has 0 bridgehead atoms. The average Bonchev–Trinajstić information content (AvgIpc) is 2.95. The normalized spacial score (nSPS) is 12.5. The Labute approximate surface area is 133 Å². The fourth-order valence-corrected chi connectivity index (χ4v) is 3.22. The van der Waals surface area contributed by atoms with Crippen LogP contribution in [0.5, 0.6) is 11.5 Å². The second-order valence-electron chi connectivity index (χ2n) is 5.27. The lowest BCUT2D eigenvalue weighted by atomic mass is 10.2. The fraction of sp³-hybridized carbons (Fsp3) is 0.438. The molecule has 1 aromatic heterocycles. The summed E-state index contributed by atoms with van der Waals surface area (Å²) in [5.41, 5.74) is 0.881. The topological polar surface area (TPSA) is 61.6 Å². The molecule has 1 atom stereocenters. The van der Waals surface area contributed by atoms with Crippen molar-refractivity contribution in [3.63, 3.8) is 0 Å². The van der Waals surface area contributed by atoms with Gasteiger partial charge in [0.15, 0.2) is 11.5 Å². The minimum Gasteiger partial charge on any atom is -0.493 e. The zero-order chi connectivity index (χ0) is 16.3. The average molecular weight is 323 g/mol. The summed E-state index contributed by atoms with van der Waals surface area (Å²) in [6.45, 7) is 5.95. The van der Waals surface area contributed by atoms with Crippen molar-refractivity contribution >= 4 is 10.8 Å². The molecule has 0 aliphatic rings. The van der Waals surface area contributed by atoms with Crippen molar-refractivity contribution < 1.29 is 18.1 Å². The molecular weight excluding hydrogens is 302 g/mol. The van der Waals surface area contributed by atoms with E-state index >= 15 is 0 Å². The first-order chi connectivity index (χ1) is 10.5. The van der Waals surface area contributed by atoms with Crippen LogP contribution in [0.1, 0.15) is 37.0 Å². The Kier molecular flexibility index (Phi) is 5.24. The molecule has 120 valence electrons. The molecule has 0 saturated carbocycles. The second kappa shape index (κ2) is 6.96. The second-order valence-corrected chi connectivity index (χ2v) is 6.69. The van der Waals surface area contributed by atoms with Crippen molar-refractivity contribution in [1.29, 1.82) is 0 Å². The standard InChI is InChI=1S/C16H21NO4S/c1-10(2)14-8-17-16(21-14)9-22(18)15-7-13(20-5)12(19-4)6-11(15)3/h6-8,10H,9H2,1-5H3/t22-/m0/s1. The number of methoxy groups -OCH3 is 2. The van der Waals surface area contributed by atoms with Crippen molar-refractivity contribution in [3.8, 4) is 11.5 Å². The first-order valence-electron chi connectivity index (χ1n) is 7.01. The predicted molar refractivity (Wildman–Crippen MR) is 85.0 cm³/mol. The molecule has 0 spiro atoms. The van der Waals surface area contributed by atoms with E-state index in [1.807, 2.05) is 26.8 Å². The Bertz CT molecular complexity index is 679. The minimum atomic E-state index is -1.26. The number of hydrogen-bond acceptors (Lipinski definition) is 5. The number of benzene rings is 1. The Balaban J connectivity index is 2.25. The summed E-state index contributed by atoms with van der Waals surface area (Å²) in [6, 6.07) is 3.57. The van der Waals surface area contributed by atoms with E-state index in [1.54, 1.807) is 26.5 Å². The van der Waals surface area contributed by atoms with Gasteiger partial charge in [0.2, 0.25) is 5.89 Å². The zero-order valence-corrected chi connectivity index (χ0v) is 14.3. The maximum Gasteiger partial charge on any atom is 0.207 e. The van der Waals surface area contributed by atoms with Gasteiger partial charge in [0.25, 0.3) is 0 Å². The van der Waals surface area contributed by atoms with Crippen molar-refractivity contribution in [3.05, 3.63) is 35.5 Å². The molecule has 0 saturated heterocycles. The highest BCUT2D eigenvalue weighted by Gasteiger charge is 2.16. The van der Waals surface area contributed by atoms with E-state index in [4.69, 9.17) is 13.9 Å². The summed E-state index contributed by atoms with van der Waals surface area (Å²) in [4.78, 5) is 4.89. The van der Waals surface area contributed by atoms with Gasteiger partial charge in [-0.1, -0.05) is 13.8 Å². The van der Waals surface area contributed by atoms with Crippen molar-refractivity contribution in [2.45, 2.75) is 37.3 Å². The van der Waals surface area contributed by atoms with Crippen LogP contribution in [0.3, 0.4) is 0 Å². The molecule has 0 unspecified atom stereocenters. The SMILES string of the molecule is COc1cc(C)c([S@@](=O)Cc2ncc(C(C)C)o2)cc1OC. The molecule has 0 aliphatic carbocycles. The largest absolute Gasteiger partial charge is 0.493 e. The highest BCUT2D eigenvalue weighted by atomic mass is 32.2. The van der Waals surface area contributed by atoms with E-state index in [0.29, 0.717) is 22.3 Å². The number of aromatic nitrogens is 1. The van der Waals surface area contributed by atoms with Crippen LogP contribution in [0, 0.1) is 6.92 Å². The summed E-state index contributed by atoms with van der Waals surface area (Å²) in [7, 11) is 1.88. The van der Waals surface area contributed by atoms with Crippen LogP contribution in [0.15, 0.2) is 27.6 Å². The number of rotatable bonds is 6. The lowest BCUT2D eigenvalue weighted by Gasteiger charge is -2.12. The Hall–Kier alpha value is -1.82. The van der Waals surface area contributed by atoms with Gasteiger partial charge in [-0.2, -0.15) is 0 Å². The van der Waals surface area contributed by atoms with Gasteiger partial charge in [-0.05, 0) is 18.6 Å². The summed E-state index contributed by atoms with van der Waals surface area (Å²) in [5.74, 6) is 2.97. The van der Waals surface area contributed by atoms with Crippen LogP contribution in [-0.2, 0) is 16.6 Å². The molecule has 2 rings (SSSR count). The fourth-order valence-electron chi connectivity index (χ4n) is 2.06. The van der Waals surface area contributed by atoms with Gasteiger partial charge >= 0.3 is 0 Å². The lowest BCUT2D eigenvalue weighted by Crippen LogP contribution is -2.01. The molecule has 0 amide bonds. The molecule has 1 aromatic carbocycles. The van der Waals surface area contributed by atoms with Gasteiger partial charge in [0, 0.05) is 16.9 Å². The molecule has 0 radical (unpaired) electrons. The van der Waals surface area contributed by atoms with Crippen LogP contribution >= 0.6 is 0 Å². The van der Waals surface area contributed by atoms with Crippen LogP contribution in [0.2, 0.25) is 0 Å². The highest BCUT2D eigenvalue weighted by Crippen LogP contribution is 2.32. The zero-order valence-electron chi connectivity index (χ0n) is 13.5. The van der Waals surface area contributed by atoms with Gasteiger partial charge in [-0.15, -0.1) is 0 Å². The summed E-state index contributed by atoms with van der Waals surface area (Å²) < 4.78 is 28.7. The van der Waals surface area contributed by atoms with Crippen LogP contribution in [0.4, 0.5) is 0 Å². The lowest BCUT2D eigenvalue weighted by molar-refractivity contribution is 0.353. The third kappa shape index (κ3) is 3.50. The van der Waals surface area contributed by atoms with E-state index in [0.717, 1.165) is 11.3 Å². The first kappa shape index (κ1) is 16.5. The van der Waals surface area contributed by atoms with Gasteiger partial charge < -0.3 is 13.9 Å². The number of ether oxygens (including phenoxy) is 2. The van der Waals surface area contributed by atoms with E-state index in [1.165, 1.54) is 0 Å².